The number of carbonyl (C=O) groups excluding carboxylic acids is 1. The molecule has 0 atom stereocenters. The lowest BCUT2D eigenvalue weighted by molar-refractivity contribution is -0.121. The third-order valence-corrected chi connectivity index (χ3v) is 2.31. The highest BCUT2D eigenvalue weighted by Gasteiger charge is 2.01. The van der Waals surface area contributed by atoms with E-state index in [2.05, 4.69) is 15.3 Å². The molecule has 3 N–H and O–H groups in total. The highest BCUT2D eigenvalue weighted by molar-refractivity contribution is 5.77. The van der Waals surface area contributed by atoms with Gasteiger partial charge in [-0.3, -0.25) is 4.79 Å². The number of hydrogen-bond donors (Lipinski definition) is 3. The average molecular weight is 219 g/mol. The predicted octanol–water partition coefficient (Wildman–Crippen LogP) is 0.561. The van der Waals surface area contributed by atoms with Crippen LogP contribution in [0.1, 0.15) is 12.0 Å². The Kier molecular flexibility index (Phi) is 3.16. The number of H-pyrrole nitrogens is 1. The number of fused-ring (bicyclic) bond motifs is 1. The first kappa shape index (κ1) is 10.6. The standard InChI is InChI=1S/C11H13N3O2/c15-4-3-11(16)12-6-8-1-2-9-10(5-8)14-7-13-9/h1-2,5,7,15H,3-4,6H2,(H,12,16)(H,13,14). The van der Waals surface area contributed by atoms with Gasteiger partial charge in [-0.15, -0.1) is 0 Å². The van der Waals surface area contributed by atoms with E-state index in [1.165, 1.54) is 0 Å². The summed E-state index contributed by atoms with van der Waals surface area (Å²) >= 11 is 0. The molecule has 0 saturated heterocycles. The summed E-state index contributed by atoms with van der Waals surface area (Å²) in [6.07, 6.45) is 1.78. The number of aliphatic hydroxyl groups is 1. The molecule has 0 bridgehead atoms. The van der Waals surface area contributed by atoms with Crippen LogP contribution in [-0.2, 0) is 11.3 Å². The molecule has 1 heterocycles. The lowest BCUT2D eigenvalue weighted by Gasteiger charge is -2.04. The first-order chi connectivity index (χ1) is 7.79. The van der Waals surface area contributed by atoms with Crippen molar-refractivity contribution in [3.8, 4) is 0 Å². The van der Waals surface area contributed by atoms with Crippen molar-refractivity contribution in [2.75, 3.05) is 6.61 Å². The van der Waals surface area contributed by atoms with Crippen molar-refractivity contribution in [2.24, 2.45) is 0 Å². The Morgan fingerprint density at radius 3 is 3.19 bits per heavy atom. The Bertz CT molecular complexity index is 493. The molecular formula is C11H13N3O2. The Morgan fingerprint density at radius 2 is 2.38 bits per heavy atom. The maximum Gasteiger partial charge on any atom is 0.222 e. The molecule has 0 unspecified atom stereocenters. The molecule has 2 aromatic rings. The Hall–Kier alpha value is -1.88. The normalized spacial score (nSPS) is 10.6. The van der Waals surface area contributed by atoms with Gasteiger partial charge in [-0.05, 0) is 17.7 Å². The second-order valence-electron chi connectivity index (χ2n) is 3.50. The van der Waals surface area contributed by atoms with Crippen LogP contribution in [0.4, 0.5) is 0 Å². The summed E-state index contributed by atoms with van der Waals surface area (Å²) in [6.45, 7) is 0.346. The minimum absolute atomic E-state index is 0.120. The quantitative estimate of drug-likeness (QED) is 0.703. The zero-order valence-corrected chi connectivity index (χ0v) is 8.73. The number of aliphatic hydroxyl groups excluding tert-OH is 1. The van der Waals surface area contributed by atoms with E-state index in [4.69, 9.17) is 5.11 Å². The van der Waals surface area contributed by atoms with Crippen LogP contribution >= 0.6 is 0 Å². The molecule has 84 valence electrons. The first-order valence-corrected chi connectivity index (χ1v) is 5.09. The molecule has 0 spiro atoms. The molecule has 0 aliphatic carbocycles. The van der Waals surface area contributed by atoms with Crippen molar-refractivity contribution >= 4 is 16.9 Å². The number of hydrogen-bond acceptors (Lipinski definition) is 3. The molecule has 5 heteroatoms. The van der Waals surface area contributed by atoms with Crippen LogP contribution in [0.3, 0.4) is 0 Å². The highest BCUT2D eigenvalue weighted by Crippen LogP contribution is 2.11. The largest absolute Gasteiger partial charge is 0.396 e. The molecule has 0 fully saturated rings. The number of amides is 1. The first-order valence-electron chi connectivity index (χ1n) is 5.09. The van der Waals surface area contributed by atoms with Gasteiger partial charge < -0.3 is 15.4 Å². The van der Waals surface area contributed by atoms with Gasteiger partial charge in [-0.25, -0.2) is 4.98 Å². The maximum atomic E-state index is 11.1. The van der Waals surface area contributed by atoms with E-state index in [9.17, 15) is 4.79 Å². The average Bonchev–Trinajstić information content (AvgIpc) is 2.74. The fraction of sp³-hybridized carbons (Fsp3) is 0.273. The van der Waals surface area contributed by atoms with E-state index in [-0.39, 0.29) is 18.9 Å². The van der Waals surface area contributed by atoms with Gasteiger partial charge in [0.1, 0.15) is 0 Å². The monoisotopic (exact) mass is 219 g/mol. The summed E-state index contributed by atoms with van der Waals surface area (Å²) in [7, 11) is 0. The van der Waals surface area contributed by atoms with Gasteiger partial charge in [0.05, 0.1) is 24.0 Å². The van der Waals surface area contributed by atoms with Crippen LogP contribution in [0.2, 0.25) is 0 Å². The number of rotatable bonds is 4. The van der Waals surface area contributed by atoms with Gasteiger partial charge in [-0.2, -0.15) is 0 Å². The SMILES string of the molecule is O=C(CCO)NCc1ccc2nc[nH]c2c1. The van der Waals surface area contributed by atoms with Crippen LogP contribution in [0, 0.1) is 0 Å². The van der Waals surface area contributed by atoms with E-state index < -0.39 is 0 Å². The summed E-state index contributed by atoms with van der Waals surface area (Å²) in [5, 5.41) is 11.3. The zero-order chi connectivity index (χ0) is 11.4. The smallest absolute Gasteiger partial charge is 0.222 e. The van der Waals surface area contributed by atoms with Crippen LogP contribution < -0.4 is 5.32 Å². The molecule has 0 radical (unpaired) electrons. The molecule has 1 aromatic carbocycles. The van der Waals surface area contributed by atoms with Gasteiger partial charge in [0.15, 0.2) is 0 Å². The van der Waals surface area contributed by atoms with Gasteiger partial charge >= 0.3 is 0 Å². The molecule has 0 aliphatic heterocycles. The van der Waals surface area contributed by atoms with E-state index >= 15 is 0 Å². The lowest BCUT2D eigenvalue weighted by Crippen LogP contribution is -2.23. The molecule has 2 rings (SSSR count). The van der Waals surface area contributed by atoms with E-state index in [1.807, 2.05) is 18.2 Å². The fourth-order valence-electron chi connectivity index (χ4n) is 1.48. The number of imidazole rings is 1. The number of nitrogens with one attached hydrogen (secondary N) is 2. The number of aromatic nitrogens is 2. The van der Waals surface area contributed by atoms with Crippen molar-refractivity contribution in [3.63, 3.8) is 0 Å². The number of aromatic amines is 1. The van der Waals surface area contributed by atoms with Crippen LogP contribution in [-0.4, -0.2) is 27.6 Å². The maximum absolute atomic E-state index is 11.1. The van der Waals surface area contributed by atoms with Crippen molar-refractivity contribution in [2.45, 2.75) is 13.0 Å². The van der Waals surface area contributed by atoms with Crippen LogP contribution in [0.5, 0.6) is 0 Å². The predicted molar refractivity (Wildman–Crippen MR) is 59.6 cm³/mol. The van der Waals surface area contributed by atoms with E-state index in [1.54, 1.807) is 6.33 Å². The zero-order valence-electron chi connectivity index (χ0n) is 8.73. The van der Waals surface area contributed by atoms with Crippen molar-refractivity contribution in [3.05, 3.63) is 30.1 Å². The second-order valence-corrected chi connectivity index (χ2v) is 3.50. The summed E-state index contributed by atoms with van der Waals surface area (Å²) in [6, 6.07) is 5.77. The van der Waals surface area contributed by atoms with Gasteiger partial charge in [-0.1, -0.05) is 6.07 Å². The Labute approximate surface area is 92.5 Å². The number of nitrogens with zero attached hydrogens (tertiary/aromatic N) is 1. The summed E-state index contributed by atoms with van der Waals surface area (Å²) < 4.78 is 0. The fourth-order valence-corrected chi connectivity index (χ4v) is 1.48. The van der Waals surface area contributed by atoms with Crippen LogP contribution in [0.25, 0.3) is 11.0 Å². The number of benzene rings is 1. The van der Waals surface area contributed by atoms with E-state index in [0.29, 0.717) is 6.54 Å². The van der Waals surface area contributed by atoms with Crippen LogP contribution in [0.15, 0.2) is 24.5 Å². The molecule has 1 aromatic heterocycles. The molecule has 1 amide bonds. The number of carbonyl (C=O) groups is 1. The van der Waals surface area contributed by atoms with Gasteiger partial charge in [0.25, 0.3) is 0 Å². The Balaban J connectivity index is 2.01. The lowest BCUT2D eigenvalue weighted by atomic mass is 10.2. The molecule has 0 saturated carbocycles. The third-order valence-electron chi connectivity index (χ3n) is 2.31. The highest BCUT2D eigenvalue weighted by atomic mass is 16.3. The molecule has 16 heavy (non-hydrogen) atoms. The topological polar surface area (TPSA) is 78.0 Å². The van der Waals surface area contributed by atoms with Crippen molar-refractivity contribution in [1.29, 1.82) is 0 Å². The second kappa shape index (κ2) is 4.76. The van der Waals surface area contributed by atoms with Crippen molar-refractivity contribution in [1.82, 2.24) is 15.3 Å². The summed E-state index contributed by atoms with van der Waals surface area (Å²) in [5.74, 6) is -0.146. The molecule has 0 aliphatic rings. The third kappa shape index (κ3) is 2.38. The minimum atomic E-state index is -0.146. The molecular weight excluding hydrogens is 206 g/mol. The summed E-state index contributed by atoms with van der Waals surface area (Å²) in [4.78, 5) is 18.3. The van der Waals surface area contributed by atoms with Gasteiger partial charge in [0.2, 0.25) is 5.91 Å². The van der Waals surface area contributed by atoms with E-state index in [0.717, 1.165) is 16.6 Å². The van der Waals surface area contributed by atoms with Gasteiger partial charge in [0, 0.05) is 13.0 Å². The summed E-state index contributed by atoms with van der Waals surface area (Å²) in [5.41, 5.74) is 2.86. The minimum Gasteiger partial charge on any atom is -0.396 e. The Morgan fingerprint density at radius 1 is 1.50 bits per heavy atom. The molecule has 5 nitrogen and oxygen atoms in total. The van der Waals surface area contributed by atoms with Crippen molar-refractivity contribution < 1.29 is 9.90 Å².